The lowest BCUT2D eigenvalue weighted by atomic mass is 10.1. The van der Waals surface area contributed by atoms with Crippen molar-refractivity contribution in [3.05, 3.63) is 64.7 Å². The Morgan fingerprint density at radius 2 is 1.78 bits per heavy atom. The SMILES string of the molecule is C[C@H](NS(=O)(=O)c1ccc2c(c1)CCC2)c1ccc(F)cc1F. The van der Waals surface area contributed by atoms with E-state index in [2.05, 4.69) is 4.72 Å². The lowest BCUT2D eigenvalue weighted by molar-refractivity contribution is 0.540. The predicted molar refractivity (Wildman–Crippen MR) is 83.6 cm³/mol. The fourth-order valence-electron chi connectivity index (χ4n) is 2.93. The van der Waals surface area contributed by atoms with Crippen LogP contribution in [0.4, 0.5) is 8.78 Å². The van der Waals surface area contributed by atoms with Gasteiger partial charge < -0.3 is 0 Å². The summed E-state index contributed by atoms with van der Waals surface area (Å²) in [5.41, 5.74) is 2.34. The molecule has 3 nitrogen and oxygen atoms in total. The van der Waals surface area contributed by atoms with Gasteiger partial charge in [0.1, 0.15) is 11.6 Å². The first-order chi connectivity index (χ1) is 10.9. The molecule has 0 radical (unpaired) electrons. The quantitative estimate of drug-likeness (QED) is 0.928. The fourth-order valence-corrected chi connectivity index (χ4v) is 4.21. The van der Waals surface area contributed by atoms with E-state index in [1.54, 1.807) is 12.1 Å². The molecule has 1 N–H and O–H groups in total. The van der Waals surface area contributed by atoms with Crippen molar-refractivity contribution in [2.24, 2.45) is 0 Å². The normalized spacial score (nSPS) is 15.4. The summed E-state index contributed by atoms with van der Waals surface area (Å²) in [5.74, 6) is -1.46. The van der Waals surface area contributed by atoms with Crippen molar-refractivity contribution in [3.63, 3.8) is 0 Å². The number of benzene rings is 2. The van der Waals surface area contributed by atoms with Crippen LogP contribution in [0.1, 0.15) is 36.1 Å². The van der Waals surface area contributed by atoms with E-state index in [9.17, 15) is 17.2 Å². The summed E-state index contributed by atoms with van der Waals surface area (Å²) in [6, 6.07) is 7.39. The third kappa shape index (κ3) is 3.28. The van der Waals surface area contributed by atoms with Gasteiger partial charge in [-0.1, -0.05) is 12.1 Å². The van der Waals surface area contributed by atoms with Gasteiger partial charge >= 0.3 is 0 Å². The molecule has 3 rings (SSSR count). The van der Waals surface area contributed by atoms with Crippen molar-refractivity contribution in [2.75, 3.05) is 0 Å². The molecule has 1 aliphatic carbocycles. The number of hydrogen-bond acceptors (Lipinski definition) is 2. The molecule has 0 saturated heterocycles. The molecule has 23 heavy (non-hydrogen) atoms. The molecular formula is C17H17F2NO2S. The van der Waals surface area contributed by atoms with Gasteiger partial charge in [-0.3, -0.25) is 0 Å². The first kappa shape index (κ1) is 16.1. The molecule has 0 aromatic heterocycles. The van der Waals surface area contributed by atoms with Crippen molar-refractivity contribution in [1.29, 1.82) is 0 Å². The van der Waals surface area contributed by atoms with E-state index in [1.807, 2.05) is 6.07 Å². The van der Waals surface area contributed by atoms with Crippen LogP contribution in [-0.4, -0.2) is 8.42 Å². The highest BCUT2D eigenvalue weighted by Gasteiger charge is 2.22. The molecule has 1 atom stereocenters. The van der Waals surface area contributed by atoms with Gasteiger partial charge in [-0.15, -0.1) is 0 Å². The maximum Gasteiger partial charge on any atom is 0.241 e. The molecule has 2 aromatic carbocycles. The number of aryl methyl sites for hydroxylation is 2. The zero-order chi connectivity index (χ0) is 16.6. The lowest BCUT2D eigenvalue weighted by Crippen LogP contribution is -2.27. The Bertz CT molecular complexity index is 850. The van der Waals surface area contributed by atoms with Crippen molar-refractivity contribution >= 4 is 10.0 Å². The molecule has 0 heterocycles. The van der Waals surface area contributed by atoms with E-state index in [1.165, 1.54) is 18.6 Å². The van der Waals surface area contributed by atoms with E-state index in [0.717, 1.165) is 37.0 Å². The molecular weight excluding hydrogens is 320 g/mol. The van der Waals surface area contributed by atoms with Gasteiger partial charge in [0.25, 0.3) is 0 Å². The predicted octanol–water partition coefficient (Wildman–Crippen LogP) is 3.49. The Kier molecular flexibility index (Phi) is 4.21. The van der Waals surface area contributed by atoms with Crippen LogP contribution in [0.5, 0.6) is 0 Å². The van der Waals surface area contributed by atoms with Gasteiger partial charge in [-0.25, -0.2) is 21.9 Å². The molecule has 0 aliphatic heterocycles. The average molecular weight is 337 g/mol. The highest BCUT2D eigenvalue weighted by atomic mass is 32.2. The monoisotopic (exact) mass is 337 g/mol. The second-order valence-electron chi connectivity index (χ2n) is 5.79. The van der Waals surface area contributed by atoms with Gasteiger partial charge in [0.05, 0.1) is 4.90 Å². The molecule has 0 unspecified atom stereocenters. The molecule has 6 heteroatoms. The van der Waals surface area contributed by atoms with E-state index < -0.39 is 27.7 Å². The van der Waals surface area contributed by atoms with Crippen LogP contribution in [0.25, 0.3) is 0 Å². The highest BCUT2D eigenvalue weighted by Crippen LogP contribution is 2.26. The van der Waals surface area contributed by atoms with Crippen molar-refractivity contribution in [1.82, 2.24) is 4.72 Å². The Balaban J connectivity index is 1.86. The average Bonchev–Trinajstić information content (AvgIpc) is 2.93. The number of hydrogen-bond donors (Lipinski definition) is 1. The van der Waals surface area contributed by atoms with Crippen molar-refractivity contribution in [2.45, 2.75) is 37.1 Å². The number of halogens is 2. The zero-order valence-corrected chi connectivity index (χ0v) is 13.5. The number of sulfonamides is 1. The molecule has 2 aromatic rings. The largest absolute Gasteiger partial charge is 0.241 e. The summed E-state index contributed by atoms with van der Waals surface area (Å²) < 4.78 is 54.2. The number of fused-ring (bicyclic) bond motifs is 1. The first-order valence-electron chi connectivity index (χ1n) is 7.46. The van der Waals surface area contributed by atoms with E-state index in [0.29, 0.717) is 0 Å². The lowest BCUT2D eigenvalue weighted by Gasteiger charge is -2.16. The molecule has 0 spiro atoms. The number of nitrogens with one attached hydrogen (secondary N) is 1. The van der Waals surface area contributed by atoms with Crippen LogP contribution in [0, 0.1) is 11.6 Å². The third-order valence-electron chi connectivity index (χ3n) is 4.14. The minimum absolute atomic E-state index is 0.108. The minimum atomic E-state index is -3.77. The maximum absolute atomic E-state index is 13.8. The van der Waals surface area contributed by atoms with E-state index in [4.69, 9.17) is 0 Å². The molecule has 0 bridgehead atoms. The maximum atomic E-state index is 13.8. The van der Waals surface area contributed by atoms with Gasteiger partial charge in [-0.05, 0) is 55.5 Å². The third-order valence-corrected chi connectivity index (χ3v) is 5.68. The Hall–Kier alpha value is -1.79. The van der Waals surface area contributed by atoms with Crippen molar-refractivity contribution in [3.8, 4) is 0 Å². The van der Waals surface area contributed by atoms with Crippen LogP contribution in [0.15, 0.2) is 41.3 Å². The van der Waals surface area contributed by atoms with Crippen LogP contribution in [0.3, 0.4) is 0 Å². The molecule has 0 saturated carbocycles. The summed E-state index contributed by atoms with van der Waals surface area (Å²) in [6.07, 6.45) is 2.88. The summed E-state index contributed by atoms with van der Waals surface area (Å²) in [7, 11) is -3.77. The minimum Gasteiger partial charge on any atom is -0.207 e. The van der Waals surface area contributed by atoms with Crippen LogP contribution >= 0.6 is 0 Å². The molecule has 1 aliphatic rings. The van der Waals surface area contributed by atoms with Gasteiger partial charge in [0.15, 0.2) is 0 Å². The van der Waals surface area contributed by atoms with Gasteiger partial charge in [0.2, 0.25) is 10.0 Å². The van der Waals surface area contributed by atoms with Gasteiger partial charge in [0, 0.05) is 17.7 Å². The Morgan fingerprint density at radius 3 is 2.52 bits per heavy atom. The Labute approximate surface area is 134 Å². The zero-order valence-electron chi connectivity index (χ0n) is 12.6. The Morgan fingerprint density at radius 1 is 1.04 bits per heavy atom. The van der Waals surface area contributed by atoms with Crippen LogP contribution in [0.2, 0.25) is 0 Å². The van der Waals surface area contributed by atoms with Crippen LogP contribution in [-0.2, 0) is 22.9 Å². The summed E-state index contributed by atoms with van der Waals surface area (Å²) in [6.45, 7) is 1.53. The highest BCUT2D eigenvalue weighted by molar-refractivity contribution is 7.89. The topological polar surface area (TPSA) is 46.2 Å². The second-order valence-corrected chi connectivity index (χ2v) is 7.51. The van der Waals surface area contributed by atoms with Crippen LogP contribution < -0.4 is 4.72 Å². The van der Waals surface area contributed by atoms with Crippen molar-refractivity contribution < 1.29 is 17.2 Å². The molecule has 122 valence electrons. The molecule has 0 amide bonds. The van der Waals surface area contributed by atoms with Gasteiger partial charge in [-0.2, -0.15) is 0 Å². The summed E-state index contributed by atoms with van der Waals surface area (Å²) in [5, 5.41) is 0. The van der Waals surface area contributed by atoms with E-state index in [-0.39, 0.29) is 10.5 Å². The fraction of sp³-hybridized carbons (Fsp3) is 0.294. The standard InChI is InChI=1S/C17H17F2NO2S/c1-11(16-8-6-14(18)10-17(16)19)20-23(21,22)15-7-5-12-3-2-4-13(12)9-15/h5-11,20H,2-4H2,1H3/t11-/m0/s1. The molecule has 0 fully saturated rings. The number of rotatable bonds is 4. The first-order valence-corrected chi connectivity index (χ1v) is 8.94. The second kappa shape index (κ2) is 6.02. The van der Waals surface area contributed by atoms with E-state index >= 15 is 0 Å². The smallest absolute Gasteiger partial charge is 0.207 e. The summed E-state index contributed by atoms with van der Waals surface area (Å²) >= 11 is 0. The summed E-state index contributed by atoms with van der Waals surface area (Å²) in [4.78, 5) is 0.174.